The lowest BCUT2D eigenvalue weighted by atomic mass is 10.2. The molecule has 2 N–H and O–H groups in total. The maximum atomic E-state index is 11.9. The molecule has 0 saturated carbocycles. The van der Waals surface area contributed by atoms with Gasteiger partial charge in [0.2, 0.25) is 0 Å². The van der Waals surface area contributed by atoms with Crippen molar-refractivity contribution in [3.05, 3.63) is 29.8 Å². The van der Waals surface area contributed by atoms with E-state index in [1.54, 1.807) is 14.0 Å². The Kier molecular flexibility index (Phi) is 6.69. The first-order valence-corrected chi connectivity index (χ1v) is 7.24. The van der Waals surface area contributed by atoms with E-state index in [1.807, 2.05) is 38.1 Å². The van der Waals surface area contributed by atoms with Crippen LogP contribution in [0.15, 0.2) is 24.3 Å². The Morgan fingerprint density at radius 1 is 1.27 bits per heavy atom. The van der Waals surface area contributed by atoms with E-state index >= 15 is 0 Å². The lowest BCUT2D eigenvalue weighted by Gasteiger charge is -2.22. The maximum Gasteiger partial charge on any atom is 0.317 e. The number of carboxylic acids is 1. The summed E-state index contributed by atoms with van der Waals surface area (Å²) in [5, 5.41) is 11.6. The number of carboxylic acid groups (broad SMARTS) is 1. The predicted octanol–water partition coefficient (Wildman–Crippen LogP) is 2.12. The van der Waals surface area contributed by atoms with E-state index in [2.05, 4.69) is 5.32 Å². The molecule has 0 saturated heterocycles. The van der Waals surface area contributed by atoms with E-state index < -0.39 is 11.9 Å². The number of hydrogen-bond acceptors (Lipinski definition) is 3. The van der Waals surface area contributed by atoms with Crippen molar-refractivity contribution in [2.24, 2.45) is 5.92 Å². The molecule has 2 amide bonds. The van der Waals surface area contributed by atoms with Crippen LogP contribution in [-0.2, 0) is 4.79 Å². The molecular weight excluding hydrogens is 284 g/mol. The van der Waals surface area contributed by atoms with Crippen molar-refractivity contribution >= 4 is 12.0 Å². The first-order chi connectivity index (χ1) is 10.3. The third-order valence-corrected chi connectivity index (χ3v) is 3.21. The van der Waals surface area contributed by atoms with E-state index in [4.69, 9.17) is 9.84 Å². The van der Waals surface area contributed by atoms with E-state index in [9.17, 15) is 9.59 Å². The molecule has 0 aliphatic rings. The summed E-state index contributed by atoms with van der Waals surface area (Å²) < 4.78 is 5.69. The summed E-state index contributed by atoms with van der Waals surface area (Å²) in [5.74, 6) is -0.770. The van der Waals surface area contributed by atoms with Gasteiger partial charge in [0.05, 0.1) is 12.5 Å². The molecule has 0 fully saturated rings. The number of nitrogens with zero attached hydrogens (tertiary/aromatic N) is 1. The summed E-state index contributed by atoms with van der Waals surface area (Å²) in [6, 6.07) is 7.37. The van der Waals surface area contributed by atoms with Crippen molar-refractivity contribution in [3.8, 4) is 5.75 Å². The average molecular weight is 308 g/mol. The van der Waals surface area contributed by atoms with Crippen molar-refractivity contribution in [3.63, 3.8) is 0 Å². The maximum absolute atomic E-state index is 11.9. The number of carbonyl (C=O) groups is 2. The van der Waals surface area contributed by atoms with E-state index in [0.29, 0.717) is 6.54 Å². The zero-order valence-corrected chi connectivity index (χ0v) is 13.5. The highest BCUT2D eigenvalue weighted by Crippen LogP contribution is 2.13. The molecule has 0 aliphatic heterocycles. The van der Waals surface area contributed by atoms with Gasteiger partial charge in [-0.3, -0.25) is 4.79 Å². The second-order valence-electron chi connectivity index (χ2n) is 5.55. The number of ether oxygens (including phenoxy) is 1. The first-order valence-electron chi connectivity index (χ1n) is 7.24. The molecule has 0 radical (unpaired) electrons. The summed E-state index contributed by atoms with van der Waals surface area (Å²) in [5.41, 5.74) is 1.16. The van der Waals surface area contributed by atoms with E-state index in [0.717, 1.165) is 11.3 Å². The van der Waals surface area contributed by atoms with Crippen molar-refractivity contribution in [2.75, 3.05) is 20.1 Å². The zero-order chi connectivity index (χ0) is 16.7. The number of nitrogens with one attached hydrogen (secondary N) is 1. The largest absolute Gasteiger partial charge is 0.489 e. The van der Waals surface area contributed by atoms with Crippen LogP contribution in [0.2, 0.25) is 0 Å². The summed E-state index contributed by atoms with van der Waals surface area (Å²) in [4.78, 5) is 24.0. The Labute approximate surface area is 131 Å². The highest BCUT2D eigenvalue weighted by atomic mass is 16.5. The number of hydrogen-bond donors (Lipinski definition) is 2. The van der Waals surface area contributed by atoms with Crippen molar-refractivity contribution in [1.82, 2.24) is 10.2 Å². The number of aryl methyl sites for hydroxylation is 1. The van der Waals surface area contributed by atoms with Gasteiger partial charge in [-0.2, -0.15) is 0 Å². The van der Waals surface area contributed by atoms with Gasteiger partial charge >= 0.3 is 12.0 Å². The van der Waals surface area contributed by atoms with Gasteiger partial charge in [-0.25, -0.2) is 4.79 Å². The van der Waals surface area contributed by atoms with Crippen LogP contribution >= 0.6 is 0 Å². The topological polar surface area (TPSA) is 78.9 Å². The molecular formula is C16H24N2O4. The van der Waals surface area contributed by atoms with Gasteiger partial charge in [-0.15, -0.1) is 0 Å². The Bertz CT molecular complexity index is 501. The van der Waals surface area contributed by atoms with Crippen LogP contribution in [0.4, 0.5) is 4.79 Å². The quantitative estimate of drug-likeness (QED) is 0.809. The van der Waals surface area contributed by atoms with Gasteiger partial charge < -0.3 is 20.1 Å². The molecule has 0 heterocycles. The number of urea groups is 1. The summed E-state index contributed by atoms with van der Waals surface area (Å²) in [6.07, 6.45) is -0.183. The molecule has 22 heavy (non-hydrogen) atoms. The number of benzene rings is 1. The minimum Gasteiger partial charge on any atom is -0.489 e. The lowest BCUT2D eigenvalue weighted by Crippen LogP contribution is -2.43. The van der Waals surface area contributed by atoms with Crippen LogP contribution < -0.4 is 10.1 Å². The minimum absolute atomic E-state index is 0.161. The predicted molar refractivity (Wildman–Crippen MR) is 84.1 cm³/mol. The SMILES string of the molecule is Cc1ccc(OC(C)CNC(=O)N(C)CC(C)C(=O)O)cc1. The Morgan fingerprint density at radius 2 is 1.86 bits per heavy atom. The molecule has 1 rings (SSSR count). The van der Waals surface area contributed by atoms with Gasteiger partial charge in [0, 0.05) is 13.6 Å². The first kappa shape index (κ1) is 17.8. The van der Waals surface area contributed by atoms with E-state index in [-0.39, 0.29) is 18.7 Å². The van der Waals surface area contributed by atoms with Crippen molar-refractivity contribution < 1.29 is 19.4 Å². The molecule has 6 nitrogen and oxygen atoms in total. The van der Waals surface area contributed by atoms with Crippen LogP contribution in [0.3, 0.4) is 0 Å². The summed E-state index contributed by atoms with van der Waals surface area (Å²) in [6.45, 7) is 5.93. The van der Waals surface area contributed by atoms with Gasteiger partial charge in [-0.05, 0) is 26.0 Å². The van der Waals surface area contributed by atoms with Crippen LogP contribution in [0.1, 0.15) is 19.4 Å². The van der Waals surface area contributed by atoms with Gasteiger partial charge in [0.25, 0.3) is 0 Å². The third-order valence-electron chi connectivity index (χ3n) is 3.21. The molecule has 1 aromatic rings. The highest BCUT2D eigenvalue weighted by molar-refractivity contribution is 5.75. The zero-order valence-electron chi connectivity index (χ0n) is 13.5. The van der Waals surface area contributed by atoms with Crippen LogP contribution in [0.5, 0.6) is 5.75 Å². The molecule has 0 aliphatic carbocycles. The normalized spacial score (nSPS) is 13.1. The number of aliphatic carboxylic acids is 1. The molecule has 0 aromatic heterocycles. The monoisotopic (exact) mass is 308 g/mol. The van der Waals surface area contributed by atoms with Gasteiger partial charge in [0.1, 0.15) is 11.9 Å². The fraction of sp³-hybridized carbons (Fsp3) is 0.500. The van der Waals surface area contributed by atoms with Crippen LogP contribution in [0.25, 0.3) is 0 Å². The number of carbonyl (C=O) groups excluding carboxylic acids is 1. The fourth-order valence-electron chi connectivity index (χ4n) is 1.83. The standard InChI is InChI=1S/C16H24N2O4/c1-11-5-7-14(8-6-11)22-13(3)9-17-16(21)18(4)10-12(2)15(19)20/h5-8,12-13H,9-10H2,1-4H3,(H,17,21)(H,19,20). The van der Waals surface area contributed by atoms with Crippen LogP contribution in [0, 0.1) is 12.8 Å². The van der Waals surface area contributed by atoms with Gasteiger partial charge in [0.15, 0.2) is 0 Å². The highest BCUT2D eigenvalue weighted by Gasteiger charge is 2.17. The second-order valence-corrected chi connectivity index (χ2v) is 5.55. The molecule has 122 valence electrons. The van der Waals surface area contributed by atoms with Crippen molar-refractivity contribution in [1.29, 1.82) is 0 Å². The smallest absolute Gasteiger partial charge is 0.317 e. The van der Waals surface area contributed by atoms with Crippen LogP contribution in [-0.4, -0.2) is 48.2 Å². The third kappa shape index (κ3) is 6.03. The summed E-state index contributed by atoms with van der Waals surface area (Å²) >= 11 is 0. The molecule has 0 spiro atoms. The van der Waals surface area contributed by atoms with Crippen molar-refractivity contribution in [2.45, 2.75) is 26.9 Å². The lowest BCUT2D eigenvalue weighted by molar-refractivity contribution is -0.141. The van der Waals surface area contributed by atoms with Gasteiger partial charge in [-0.1, -0.05) is 24.6 Å². The Morgan fingerprint density at radius 3 is 2.41 bits per heavy atom. The fourth-order valence-corrected chi connectivity index (χ4v) is 1.83. The number of amides is 2. The molecule has 6 heteroatoms. The summed E-state index contributed by atoms with van der Waals surface area (Å²) in [7, 11) is 1.57. The number of rotatable bonds is 7. The average Bonchev–Trinajstić information content (AvgIpc) is 2.46. The molecule has 1 aromatic carbocycles. The molecule has 2 atom stereocenters. The second kappa shape index (κ2) is 8.26. The van der Waals surface area contributed by atoms with E-state index in [1.165, 1.54) is 4.90 Å². The Hall–Kier alpha value is -2.24. The minimum atomic E-state index is -0.921. The Balaban J connectivity index is 2.36. The molecule has 0 bridgehead atoms. The molecule has 2 unspecified atom stereocenters.